The van der Waals surface area contributed by atoms with Crippen molar-refractivity contribution >= 4 is 51.9 Å². The second-order valence-electron chi connectivity index (χ2n) is 15.8. The summed E-state index contributed by atoms with van der Waals surface area (Å²) in [5.74, 6) is -3.67. The molecule has 0 aliphatic carbocycles. The monoisotopic (exact) mass is 805 g/mol. The van der Waals surface area contributed by atoms with Gasteiger partial charge in [0, 0.05) is 41.1 Å². The number of aromatic nitrogens is 1. The SMILES string of the molecule is CCCN(CC(=O)Nc1ccc(-c2cc3cc(NC(=O)[C@@H]4CCCN4C(=O)[C@H](CC(=O)OC(C)(C)C)c4ccc(F)cc4)ccc3[nH]2)cc1)C(=O)Cc1ccc(F)cc1. The molecule has 4 amide bonds. The Balaban J connectivity index is 1.08. The smallest absolute Gasteiger partial charge is 0.307 e. The van der Waals surface area contributed by atoms with E-state index in [0.29, 0.717) is 54.9 Å². The molecule has 1 aliphatic heterocycles. The van der Waals surface area contributed by atoms with Gasteiger partial charge in [0.2, 0.25) is 23.6 Å². The van der Waals surface area contributed by atoms with Gasteiger partial charge in [-0.05, 0) is 117 Å². The fraction of sp³-hybridized carbons (Fsp3) is 0.326. The van der Waals surface area contributed by atoms with Gasteiger partial charge in [0.25, 0.3) is 0 Å². The molecule has 13 heteroatoms. The molecule has 0 spiro atoms. The van der Waals surface area contributed by atoms with Crippen LogP contribution in [0.15, 0.2) is 97.1 Å². The number of hydrogen-bond donors (Lipinski definition) is 3. The first-order valence-electron chi connectivity index (χ1n) is 19.8. The van der Waals surface area contributed by atoms with Crippen LogP contribution in [0.5, 0.6) is 0 Å². The molecular formula is C46H49F2N5O6. The van der Waals surface area contributed by atoms with Crippen LogP contribution in [0.1, 0.15) is 70.4 Å². The maximum atomic E-state index is 14.0. The first-order valence-corrected chi connectivity index (χ1v) is 19.8. The molecule has 4 aromatic carbocycles. The van der Waals surface area contributed by atoms with Crippen LogP contribution >= 0.6 is 0 Å². The summed E-state index contributed by atoms with van der Waals surface area (Å²) < 4.78 is 32.6. The standard InChI is InChI=1S/C46H49F2N5O6/c1-5-22-52(42(55)24-29-8-14-33(47)15-9-29)28-41(54)49-35-18-12-31(13-19-35)39-26-32-25-36(20-21-38(32)51-39)50-44(57)40-7-6-23-53(40)45(58)37(27-43(56)59-46(2,3)4)30-10-16-34(48)17-11-30/h8-21,25-26,37,40,51H,5-7,22-24,27-28H2,1-4H3,(H,49,54)(H,50,57)/t37-,40+/m1/s1. The van der Waals surface area contributed by atoms with Crippen molar-refractivity contribution < 1.29 is 37.5 Å². The van der Waals surface area contributed by atoms with E-state index in [1.54, 1.807) is 51.1 Å². The molecule has 308 valence electrons. The summed E-state index contributed by atoms with van der Waals surface area (Å²) >= 11 is 0. The summed E-state index contributed by atoms with van der Waals surface area (Å²) in [6, 6.07) is 25.1. The highest BCUT2D eigenvalue weighted by Gasteiger charge is 2.39. The number of halogens is 2. The highest BCUT2D eigenvalue weighted by Crippen LogP contribution is 2.31. The van der Waals surface area contributed by atoms with Crippen molar-refractivity contribution in [2.45, 2.75) is 77.4 Å². The van der Waals surface area contributed by atoms with Crippen molar-refractivity contribution in [1.29, 1.82) is 0 Å². The summed E-state index contributed by atoms with van der Waals surface area (Å²) in [5.41, 5.74) is 3.98. The quantitative estimate of drug-likeness (QED) is 0.0973. The maximum Gasteiger partial charge on any atom is 0.307 e. The van der Waals surface area contributed by atoms with Crippen LogP contribution in [0.25, 0.3) is 22.2 Å². The van der Waals surface area contributed by atoms with Gasteiger partial charge < -0.3 is 30.2 Å². The minimum Gasteiger partial charge on any atom is -0.460 e. The Morgan fingerprint density at radius 3 is 2.19 bits per heavy atom. The highest BCUT2D eigenvalue weighted by atomic mass is 19.1. The van der Waals surface area contributed by atoms with Crippen LogP contribution in [0.4, 0.5) is 20.2 Å². The Morgan fingerprint density at radius 2 is 1.53 bits per heavy atom. The van der Waals surface area contributed by atoms with Crippen LogP contribution in [0, 0.1) is 11.6 Å². The molecule has 3 N–H and O–H groups in total. The number of ether oxygens (including phenoxy) is 1. The van der Waals surface area contributed by atoms with Crippen LogP contribution in [0.2, 0.25) is 0 Å². The predicted molar refractivity (Wildman–Crippen MR) is 222 cm³/mol. The van der Waals surface area contributed by atoms with E-state index < -0.39 is 35.3 Å². The number of amides is 4. The van der Waals surface area contributed by atoms with Crippen LogP contribution in [-0.2, 0) is 35.1 Å². The third-order valence-electron chi connectivity index (χ3n) is 10.0. The van der Waals surface area contributed by atoms with Crippen LogP contribution < -0.4 is 10.6 Å². The summed E-state index contributed by atoms with van der Waals surface area (Å²) in [5, 5.41) is 6.67. The molecule has 1 aliphatic rings. The number of rotatable bonds is 14. The number of nitrogens with one attached hydrogen (secondary N) is 3. The molecule has 11 nitrogen and oxygen atoms in total. The molecule has 0 bridgehead atoms. The zero-order valence-corrected chi connectivity index (χ0v) is 33.6. The van der Waals surface area contributed by atoms with Crippen LogP contribution in [0.3, 0.4) is 0 Å². The molecule has 1 aromatic heterocycles. The molecule has 59 heavy (non-hydrogen) atoms. The third kappa shape index (κ3) is 11.2. The van der Waals surface area contributed by atoms with Gasteiger partial charge in [0.15, 0.2) is 0 Å². The number of carbonyl (C=O) groups excluding carboxylic acids is 5. The van der Waals surface area contributed by atoms with E-state index in [1.807, 2.05) is 37.3 Å². The first kappa shape index (κ1) is 42.2. The Kier molecular flexibility index (Phi) is 13.2. The van der Waals surface area contributed by atoms with Crippen molar-refractivity contribution in [2.24, 2.45) is 0 Å². The number of carbonyl (C=O) groups is 5. The van der Waals surface area contributed by atoms with Gasteiger partial charge in [0.05, 0.1) is 25.3 Å². The van der Waals surface area contributed by atoms with E-state index >= 15 is 0 Å². The number of hydrogen-bond acceptors (Lipinski definition) is 6. The Bertz CT molecular complexity index is 2300. The lowest BCUT2D eigenvalue weighted by Crippen LogP contribution is -2.45. The second kappa shape index (κ2) is 18.5. The topological polar surface area (TPSA) is 141 Å². The molecule has 0 saturated carbocycles. The van der Waals surface area contributed by atoms with Crippen molar-refractivity contribution in [3.8, 4) is 11.3 Å². The largest absolute Gasteiger partial charge is 0.460 e. The Morgan fingerprint density at radius 1 is 0.864 bits per heavy atom. The maximum absolute atomic E-state index is 14.0. The van der Waals surface area contributed by atoms with E-state index in [9.17, 15) is 32.8 Å². The van der Waals surface area contributed by atoms with Crippen molar-refractivity contribution in [3.05, 3.63) is 120 Å². The van der Waals surface area contributed by atoms with Crippen molar-refractivity contribution in [2.75, 3.05) is 30.3 Å². The second-order valence-corrected chi connectivity index (χ2v) is 15.8. The molecule has 5 aromatic rings. The van der Waals surface area contributed by atoms with Gasteiger partial charge in [-0.3, -0.25) is 24.0 Å². The van der Waals surface area contributed by atoms with E-state index in [2.05, 4.69) is 15.6 Å². The molecule has 2 atom stereocenters. The molecule has 2 heterocycles. The highest BCUT2D eigenvalue weighted by molar-refractivity contribution is 6.01. The number of anilines is 2. The first-order chi connectivity index (χ1) is 28.1. The molecule has 1 fully saturated rings. The average Bonchev–Trinajstić information content (AvgIpc) is 3.86. The number of likely N-dealkylation sites (tertiary alicyclic amines) is 1. The Labute approximate surface area is 342 Å². The molecular weight excluding hydrogens is 757 g/mol. The van der Waals surface area contributed by atoms with E-state index in [0.717, 1.165) is 22.2 Å². The van der Waals surface area contributed by atoms with Gasteiger partial charge in [-0.25, -0.2) is 8.78 Å². The summed E-state index contributed by atoms with van der Waals surface area (Å²) in [4.78, 5) is 72.9. The van der Waals surface area contributed by atoms with Gasteiger partial charge in [-0.15, -0.1) is 0 Å². The molecule has 0 unspecified atom stereocenters. The number of H-pyrrole nitrogens is 1. The number of esters is 1. The minimum atomic E-state index is -0.953. The van der Waals surface area contributed by atoms with Gasteiger partial charge in [-0.1, -0.05) is 43.3 Å². The predicted octanol–water partition coefficient (Wildman–Crippen LogP) is 7.98. The Hall–Kier alpha value is -6.37. The number of nitrogens with zero attached hydrogens (tertiary/aromatic N) is 2. The van der Waals surface area contributed by atoms with E-state index in [4.69, 9.17) is 4.74 Å². The minimum absolute atomic E-state index is 0.0693. The zero-order valence-electron chi connectivity index (χ0n) is 33.6. The van der Waals surface area contributed by atoms with E-state index in [-0.39, 0.29) is 42.9 Å². The van der Waals surface area contributed by atoms with Gasteiger partial charge in [-0.2, -0.15) is 0 Å². The summed E-state index contributed by atoms with van der Waals surface area (Å²) in [6.07, 6.45) is 1.54. The molecule has 6 rings (SSSR count). The fourth-order valence-electron chi connectivity index (χ4n) is 7.24. The lowest BCUT2D eigenvalue weighted by molar-refractivity contribution is -0.157. The lowest BCUT2D eigenvalue weighted by atomic mass is 9.93. The van der Waals surface area contributed by atoms with Crippen LogP contribution in [-0.4, -0.2) is 75.7 Å². The van der Waals surface area contributed by atoms with Crippen molar-refractivity contribution in [3.63, 3.8) is 0 Å². The molecule has 0 radical (unpaired) electrons. The van der Waals surface area contributed by atoms with Crippen molar-refractivity contribution in [1.82, 2.24) is 14.8 Å². The summed E-state index contributed by atoms with van der Waals surface area (Å²) in [6.45, 7) is 7.78. The molecule has 1 saturated heterocycles. The normalized spacial score (nSPS) is 14.5. The van der Waals surface area contributed by atoms with E-state index in [1.165, 1.54) is 46.2 Å². The van der Waals surface area contributed by atoms with Gasteiger partial charge in [0.1, 0.15) is 23.3 Å². The van der Waals surface area contributed by atoms with Gasteiger partial charge >= 0.3 is 5.97 Å². The fourth-order valence-corrected chi connectivity index (χ4v) is 7.24. The number of benzene rings is 4. The lowest BCUT2D eigenvalue weighted by Gasteiger charge is -2.29. The number of aromatic amines is 1. The number of fused-ring (bicyclic) bond motifs is 1. The zero-order chi connectivity index (χ0) is 42.3. The third-order valence-corrected chi connectivity index (χ3v) is 10.0. The average molecular weight is 806 g/mol. The summed E-state index contributed by atoms with van der Waals surface area (Å²) in [7, 11) is 0.